The van der Waals surface area contributed by atoms with Crippen LogP contribution in [0.1, 0.15) is 41.7 Å². The molecule has 0 saturated heterocycles. The summed E-state index contributed by atoms with van der Waals surface area (Å²) in [6.45, 7) is 4.19. The smallest absolute Gasteiger partial charge is 0.225 e. The minimum atomic E-state index is -0.100. The van der Waals surface area contributed by atoms with Crippen molar-refractivity contribution in [1.29, 1.82) is 0 Å². The van der Waals surface area contributed by atoms with Gasteiger partial charge >= 0.3 is 0 Å². The van der Waals surface area contributed by atoms with Gasteiger partial charge in [-0.15, -0.1) is 11.3 Å². The first-order valence-electron chi connectivity index (χ1n) is 7.48. The molecule has 1 atom stereocenters. The van der Waals surface area contributed by atoms with E-state index in [9.17, 15) is 9.59 Å². The molecule has 2 rings (SSSR count). The number of carbonyl (C=O) groups excluding carboxylic acids is 2. The van der Waals surface area contributed by atoms with Crippen LogP contribution in [0.2, 0.25) is 0 Å². The van der Waals surface area contributed by atoms with Crippen molar-refractivity contribution in [3.05, 3.63) is 46.4 Å². The zero-order valence-electron chi connectivity index (χ0n) is 13.6. The molecule has 5 nitrogen and oxygen atoms in total. The monoisotopic (exact) mass is 331 g/mol. The molecule has 0 radical (unpaired) electrons. The number of thiazole rings is 1. The van der Waals surface area contributed by atoms with E-state index in [1.54, 1.807) is 41.8 Å². The van der Waals surface area contributed by atoms with Gasteiger partial charge in [0.05, 0.1) is 11.7 Å². The lowest BCUT2D eigenvalue weighted by atomic mass is 10.1. The predicted octanol–water partition coefficient (Wildman–Crippen LogP) is 3.37. The third-order valence-electron chi connectivity index (χ3n) is 3.74. The summed E-state index contributed by atoms with van der Waals surface area (Å²) in [6, 6.07) is 7.23. The number of aromatic nitrogens is 1. The summed E-state index contributed by atoms with van der Waals surface area (Å²) < 4.78 is 0. The molecule has 1 heterocycles. The third-order valence-corrected chi connectivity index (χ3v) is 4.69. The minimum absolute atomic E-state index is 0.0598. The number of Topliss-reactive ketones (excluding diaryl/α,β-unsaturated/α-hetero) is 1. The highest BCUT2D eigenvalue weighted by atomic mass is 32.1. The molecule has 0 aliphatic carbocycles. The van der Waals surface area contributed by atoms with Gasteiger partial charge in [0.25, 0.3) is 0 Å². The Morgan fingerprint density at radius 1 is 1.35 bits per heavy atom. The van der Waals surface area contributed by atoms with Gasteiger partial charge in [-0.2, -0.15) is 0 Å². The quantitative estimate of drug-likeness (QED) is 0.790. The zero-order chi connectivity index (χ0) is 16.8. The number of nitrogens with zero attached hydrogens (tertiary/aromatic N) is 2. The molecule has 0 bridgehead atoms. The van der Waals surface area contributed by atoms with Gasteiger partial charge in [-0.25, -0.2) is 4.98 Å². The van der Waals surface area contributed by atoms with E-state index in [0.717, 1.165) is 5.01 Å². The summed E-state index contributed by atoms with van der Waals surface area (Å²) in [5.74, 6) is -0.160. The van der Waals surface area contributed by atoms with E-state index in [2.05, 4.69) is 22.1 Å². The fourth-order valence-electron chi connectivity index (χ4n) is 2.21. The maximum atomic E-state index is 12.1. The highest BCUT2D eigenvalue weighted by Crippen LogP contribution is 2.21. The highest BCUT2D eigenvalue weighted by molar-refractivity contribution is 7.09. The molecule has 0 fully saturated rings. The van der Waals surface area contributed by atoms with E-state index in [0.29, 0.717) is 24.2 Å². The second-order valence-corrected chi connectivity index (χ2v) is 6.35. The number of hydrogen-bond donors (Lipinski definition) is 1. The van der Waals surface area contributed by atoms with Gasteiger partial charge in [0, 0.05) is 30.1 Å². The Morgan fingerprint density at radius 3 is 2.74 bits per heavy atom. The number of anilines is 1. The van der Waals surface area contributed by atoms with Crippen molar-refractivity contribution in [3.63, 3.8) is 0 Å². The van der Waals surface area contributed by atoms with Gasteiger partial charge in [0.15, 0.2) is 5.78 Å². The summed E-state index contributed by atoms with van der Waals surface area (Å²) in [7, 11) is 1.98. The standard InChI is InChI=1S/C17H21N3O2S/c1-12(17-18-9-11-23-17)20(3)10-8-16(22)19-15-7-5-4-6-14(15)13(2)21/h4-7,9,11-12H,8,10H2,1-3H3,(H,19,22). The molecule has 1 aromatic carbocycles. The van der Waals surface area contributed by atoms with Crippen molar-refractivity contribution in [2.45, 2.75) is 26.3 Å². The largest absolute Gasteiger partial charge is 0.325 e. The summed E-state index contributed by atoms with van der Waals surface area (Å²) >= 11 is 1.61. The molecule has 0 spiro atoms. The molecule has 23 heavy (non-hydrogen) atoms. The average Bonchev–Trinajstić information content (AvgIpc) is 3.06. The van der Waals surface area contributed by atoms with E-state index >= 15 is 0 Å². The Morgan fingerprint density at radius 2 is 2.09 bits per heavy atom. The Kier molecular flexibility index (Phi) is 6.01. The average molecular weight is 331 g/mol. The Labute approximate surface area is 140 Å². The lowest BCUT2D eigenvalue weighted by Gasteiger charge is -2.22. The van der Waals surface area contributed by atoms with Crippen molar-refractivity contribution in [1.82, 2.24) is 9.88 Å². The molecule has 1 aromatic heterocycles. The van der Waals surface area contributed by atoms with Gasteiger partial charge in [-0.05, 0) is 33.0 Å². The lowest BCUT2D eigenvalue weighted by molar-refractivity contribution is -0.116. The number of para-hydroxylation sites is 1. The van der Waals surface area contributed by atoms with E-state index < -0.39 is 0 Å². The first-order valence-corrected chi connectivity index (χ1v) is 8.36. The molecule has 0 saturated carbocycles. The second-order valence-electron chi connectivity index (χ2n) is 5.43. The van der Waals surface area contributed by atoms with Gasteiger partial charge in [-0.1, -0.05) is 12.1 Å². The molecule has 1 unspecified atom stereocenters. The molecule has 1 N–H and O–H groups in total. The zero-order valence-corrected chi connectivity index (χ0v) is 14.4. The van der Waals surface area contributed by atoms with Crippen LogP contribution < -0.4 is 5.32 Å². The fourth-order valence-corrected chi connectivity index (χ4v) is 2.97. The van der Waals surface area contributed by atoms with Crippen LogP contribution in [0.5, 0.6) is 0 Å². The van der Waals surface area contributed by atoms with Crippen molar-refractivity contribution < 1.29 is 9.59 Å². The first-order chi connectivity index (χ1) is 11.0. The van der Waals surface area contributed by atoms with Crippen LogP contribution in [0.15, 0.2) is 35.8 Å². The van der Waals surface area contributed by atoms with Crippen molar-refractivity contribution >= 4 is 28.7 Å². The lowest BCUT2D eigenvalue weighted by Crippen LogP contribution is -2.27. The highest BCUT2D eigenvalue weighted by Gasteiger charge is 2.15. The van der Waals surface area contributed by atoms with Crippen molar-refractivity contribution in [3.8, 4) is 0 Å². The van der Waals surface area contributed by atoms with Crippen LogP contribution in [0.25, 0.3) is 0 Å². The van der Waals surface area contributed by atoms with Gasteiger partial charge in [-0.3, -0.25) is 14.5 Å². The number of rotatable bonds is 7. The van der Waals surface area contributed by atoms with Crippen molar-refractivity contribution in [2.75, 3.05) is 18.9 Å². The van der Waals surface area contributed by atoms with Crippen molar-refractivity contribution in [2.24, 2.45) is 0 Å². The number of nitrogens with one attached hydrogen (secondary N) is 1. The Bertz CT molecular complexity index is 670. The summed E-state index contributed by atoms with van der Waals surface area (Å²) in [6.07, 6.45) is 2.15. The Hall–Kier alpha value is -2.05. The molecule has 0 aliphatic heterocycles. The molecule has 1 amide bonds. The number of carbonyl (C=O) groups is 2. The summed E-state index contributed by atoms with van der Waals surface area (Å²) in [4.78, 5) is 30.1. The van der Waals surface area contributed by atoms with Crippen LogP contribution in [-0.4, -0.2) is 35.2 Å². The molecule has 6 heteroatoms. The van der Waals surface area contributed by atoms with E-state index in [1.165, 1.54) is 6.92 Å². The SMILES string of the molecule is CC(=O)c1ccccc1NC(=O)CCN(C)C(C)c1nccs1. The normalized spacial score (nSPS) is 12.2. The molecular weight excluding hydrogens is 310 g/mol. The van der Waals surface area contributed by atoms with Crippen LogP contribution in [0, 0.1) is 0 Å². The van der Waals surface area contributed by atoms with Crippen LogP contribution in [0.4, 0.5) is 5.69 Å². The minimum Gasteiger partial charge on any atom is -0.325 e. The van der Waals surface area contributed by atoms with E-state index in [1.807, 2.05) is 12.4 Å². The number of hydrogen-bond acceptors (Lipinski definition) is 5. The van der Waals surface area contributed by atoms with Gasteiger partial charge < -0.3 is 5.32 Å². The Balaban J connectivity index is 1.89. The molecule has 0 aliphatic rings. The second kappa shape index (κ2) is 7.99. The number of ketones is 1. The predicted molar refractivity (Wildman–Crippen MR) is 92.9 cm³/mol. The fraction of sp³-hybridized carbons (Fsp3) is 0.353. The maximum Gasteiger partial charge on any atom is 0.225 e. The summed E-state index contributed by atoms with van der Waals surface area (Å²) in [5, 5.41) is 5.81. The number of amides is 1. The van der Waals surface area contributed by atoms with E-state index in [-0.39, 0.29) is 17.7 Å². The summed E-state index contributed by atoms with van der Waals surface area (Å²) in [5.41, 5.74) is 1.10. The first kappa shape index (κ1) is 17.3. The van der Waals surface area contributed by atoms with Gasteiger partial charge in [0.2, 0.25) is 5.91 Å². The van der Waals surface area contributed by atoms with Crippen LogP contribution in [0.3, 0.4) is 0 Å². The van der Waals surface area contributed by atoms with Crippen LogP contribution >= 0.6 is 11.3 Å². The molecular formula is C17H21N3O2S. The van der Waals surface area contributed by atoms with E-state index in [4.69, 9.17) is 0 Å². The van der Waals surface area contributed by atoms with Crippen LogP contribution in [-0.2, 0) is 4.79 Å². The molecule has 2 aromatic rings. The topological polar surface area (TPSA) is 62.3 Å². The maximum absolute atomic E-state index is 12.1. The number of benzene rings is 1. The van der Waals surface area contributed by atoms with Gasteiger partial charge in [0.1, 0.15) is 5.01 Å². The third kappa shape index (κ3) is 4.71. The molecule has 122 valence electrons.